The van der Waals surface area contributed by atoms with E-state index in [-0.39, 0.29) is 24.9 Å². The van der Waals surface area contributed by atoms with Gasteiger partial charge < -0.3 is 15.5 Å². The van der Waals surface area contributed by atoms with Gasteiger partial charge in [-0.3, -0.25) is 9.59 Å². The molecule has 0 radical (unpaired) electrons. The van der Waals surface area contributed by atoms with Crippen LogP contribution in [-0.2, 0) is 9.59 Å². The molecule has 2 rings (SSSR count). The lowest BCUT2D eigenvalue weighted by Crippen LogP contribution is -3.14. The Labute approximate surface area is 180 Å². The molecule has 0 aromatic heterocycles. The molecule has 162 valence electrons. The van der Waals surface area contributed by atoms with E-state index in [9.17, 15) is 9.59 Å². The van der Waals surface area contributed by atoms with E-state index >= 15 is 0 Å². The maximum Gasteiger partial charge on any atom is 0.279 e. The Bertz CT molecular complexity index is 822. The van der Waals surface area contributed by atoms with Crippen molar-refractivity contribution in [2.24, 2.45) is 5.92 Å². The van der Waals surface area contributed by atoms with E-state index < -0.39 is 0 Å². The fourth-order valence-corrected chi connectivity index (χ4v) is 3.23. The van der Waals surface area contributed by atoms with Crippen molar-refractivity contribution in [2.45, 2.75) is 48.0 Å². The van der Waals surface area contributed by atoms with Gasteiger partial charge in [-0.1, -0.05) is 26.0 Å². The number of nitrogens with one attached hydrogen (secondary N) is 3. The first-order valence-corrected chi connectivity index (χ1v) is 10.7. The summed E-state index contributed by atoms with van der Waals surface area (Å²) in [5.41, 5.74) is 6.27. The molecule has 3 N–H and O–H groups in total. The molecule has 0 saturated carbocycles. The van der Waals surface area contributed by atoms with E-state index in [1.54, 1.807) is 0 Å². The van der Waals surface area contributed by atoms with Crippen molar-refractivity contribution in [2.75, 3.05) is 30.3 Å². The van der Waals surface area contributed by atoms with Crippen molar-refractivity contribution in [3.05, 3.63) is 58.7 Å². The molecule has 2 aromatic rings. The highest BCUT2D eigenvalue weighted by Gasteiger charge is 2.19. The number of quaternary nitrogens is 1. The van der Waals surface area contributed by atoms with Gasteiger partial charge in [-0.2, -0.15) is 0 Å². The van der Waals surface area contributed by atoms with Crippen LogP contribution < -0.4 is 15.5 Å². The quantitative estimate of drug-likeness (QED) is 0.593. The summed E-state index contributed by atoms with van der Waals surface area (Å²) in [6.07, 6.45) is 0.961. The summed E-state index contributed by atoms with van der Waals surface area (Å²) < 4.78 is 0. The Balaban J connectivity index is 1.99. The molecule has 0 bridgehead atoms. The molecule has 0 aliphatic carbocycles. The molecule has 0 atom stereocenters. The van der Waals surface area contributed by atoms with Crippen LogP contribution in [0.4, 0.5) is 11.4 Å². The third-order valence-electron chi connectivity index (χ3n) is 5.48. The molecular weight excluding hydrogens is 374 g/mol. The standard InChI is InChI=1S/C25H35N3O2/c1-17(2)11-12-28(15-24(29)26-22-9-7-18(3)20(5)13-22)16-25(30)27-23-10-8-19(4)21(6)14-23/h7-10,13-14,17H,11-12,15-16H2,1-6H3,(H,26,29)(H,27,30)/p+1. The SMILES string of the molecule is Cc1ccc(NC(=O)C[NH+](CCC(C)C)CC(=O)Nc2ccc(C)c(C)c2)cc1C. The van der Waals surface area contributed by atoms with Crippen LogP contribution in [0.15, 0.2) is 36.4 Å². The normalized spacial score (nSPS) is 11.1. The zero-order chi connectivity index (χ0) is 22.3. The second-order valence-electron chi connectivity index (χ2n) is 8.73. The van der Waals surface area contributed by atoms with E-state index in [0.717, 1.165) is 40.4 Å². The monoisotopic (exact) mass is 410 g/mol. The van der Waals surface area contributed by atoms with Gasteiger partial charge in [0.15, 0.2) is 13.1 Å². The first-order valence-electron chi connectivity index (χ1n) is 10.7. The number of carbonyl (C=O) groups is 2. The number of aryl methyl sites for hydroxylation is 4. The Morgan fingerprint density at radius 2 is 1.20 bits per heavy atom. The van der Waals surface area contributed by atoms with Gasteiger partial charge in [-0.05, 0) is 86.6 Å². The van der Waals surface area contributed by atoms with Crippen LogP contribution in [0.3, 0.4) is 0 Å². The molecule has 0 aliphatic heterocycles. The molecule has 2 aromatic carbocycles. The summed E-state index contributed by atoms with van der Waals surface area (Å²) >= 11 is 0. The molecule has 0 aliphatic rings. The van der Waals surface area contributed by atoms with Crippen molar-refractivity contribution in [1.29, 1.82) is 0 Å². The molecule has 2 amide bonds. The molecule has 0 heterocycles. The van der Waals surface area contributed by atoms with E-state index in [0.29, 0.717) is 5.92 Å². The summed E-state index contributed by atoms with van der Waals surface area (Å²) in [6, 6.07) is 11.8. The van der Waals surface area contributed by atoms with Crippen molar-refractivity contribution in [3.8, 4) is 0 Å². The van der Waals surface area contributed by atoms with E-state index in [1.165, 1.54) is 11.1 Å². The van der Waals surface area contributed by atoms with E-state index in [2.05, 4.69) is 24.5 Å². The van der Waals surface area contributed by atoms with Crippen LogP contribution in [0.5, 0.6) is 0 Å². The number of amides is 2. The molecule has 0 spiro atoms. The second kappa shape index (κ2) is 10.9. The Kier molecular flexibility index (Phi) is 8.60. The number of anilines is 2. The molecule has 5 nitrogen and oxygen atoms in total. The fraction of sp³-hybridized carbons (Fsp3) is 0.440. The average molecular weight is 411 g/mol. The highest BCUT2D eigenvalue weighted by Crippen LogP contribution is 2.14. The van der Waals surface area contributed by atoms with Gasteiger partial charge in [0, 0.05) is 11.4 Å². The highest BCUT2D eigenvalue weighted by molar-refractivity contribution is 5.93. The lowest BCUT2D eigenvalue weighted by molar-refractivity contribution is -0.884. The number of benzene rings is 2. The topological polar surface area (TPSA) is 62.6 Å². The van der Waals surface area contributed by atoms with Crippen LogP contribution in [0, 0.1) is 33.6 Å². The molecule has 0 fully saturated rings. The number of hydrogen-bond acceptors (Lipinski definition) is 2. The minimum atomic E-state index is -0.0732. The minimum Gasteiger partial charge on any atom is -0.321 e. The summed E-state index contributed by atoms with van der Waals surface area (Å²) in [6.45, 7) is 13.8. The maximum absolute atomic E-state index is 12.6. The Morgan fingerprint density at radius 3 is 1.57 bits per heavy atom. The summed E-state index contributed by atoms with van der Waals surface area (Å²) in [4.78, 5) is 26.2. The zero-order valence-electron chi connectivity index (χ0n) is 19.2. The van der Waals surface area contributed by atoms with Crippen molar-refractivity contribution >= 4 is 23.2 Å². The molecule has 5 heteroatoms. The molecule has 0 saturated heterocycles. The van der Waals surface area contributed by atoms with Gasteiger partial charge in [-0.15, -0.1) is 0 Å². The first kappa shape index (κ1) is 23.6. The van der Waals surface area contributed by atoms with E-state index in [4.69, 9.17) is 0 Å². The predicted molar refractivity (Wildman–Crippen MR) is 124 cm³/mol. The largest absolute Gasteiger partial charge is 0.321 e. The van der Waals surface area contributed by atoms with Gasteiger partial charge in [-0.25, -0.2) is 0 Å². The lowest BCUT2D eigenvalue weighted by atomic mass is 10.1. The lowest BCUT2D eigenvalue weighted by Gasteiger charge is -2.20. The van der Waals surface area contributed by atoms with Crippen molar-refractivity contribution in [3.63, 3.8) is 0 Å². The van der Waals surface area contributed by atoms with Crippen LogP contribution in [0.1, 0.15) is 42.5 Å². The summed E-state index contributed by atoms with van der Waals surface area (Å²) in [7, 11) is 0. The van der Waals surface area contributed by atoms with Crippen LogP contribution in [0.25, 0.3) is 0 Å². The third kappa shape index (κ3) is 7.64. The van der Waals surface area contributed by atoms with Gasteiger partial charge >= 0.3 is 0 Å². The first-order chi connectivity index (χ1) is 14.1. The van der Waals surface area contributed by atoms with Crippen LogP contribution in [-0.4, -0.2) is 31.4 Å². The van der Waals surface area contributed by atoms with Crippen LogP contribution >= 0.6 is 0 Å². The van der Waals surface area contributed by atoms with Gasteiger partial charge in [0.1, 0.15) is 0 Å². The van der Waals surface area contributed by atoms with Gasteiger partial charge in [0.05, 0.1) is 6.54 Å². The molecule has 30 heavy (non-hydrogen) atoms. The summed E-state index contributed by atoms with van der Waals surface area (Å²) in [5.74, 6) is 0.373. The van der Waals surface area contributed by atoms with Crippen molar-refractivity contribution < 1.29 is 14.5 Å². The minimum absolute atomic E-state index is 0.0732. The van der Waals surface area contributed by atoms with E-state index in [1.807, 2.05) is 64.1 Å². The number of rotatable bonds is 9. The van der Waals surface area contributed by atoms with Gasteiger partial charge in [0.2, 0.25) is 0 Å². The predicted octanol–water partition coefficient (Wildman–Crippen LogP) is 3.43. The van der Waals surface area contributed by atoms with Crippen molar-refractivity contribution in [1.82, 2.24) is 0 Å². The average Bonchev–Trinajstić information content (AvgIpc) is 2.65. The number of hydrogen-bond donors (Lipinski definition) is 3. The summed E-state index contributed by atoms with van der Waals surface area (Å²) in [5, 5.41) is 5.95. The molecule has 0 unspecified atom stereocenters. The van der Waals surface area contributed by atoms with Gasteiger partial charge in [0.25, 0.3) is 11.8 Å². The Morgan fingerprint density at radius 1 is 0.767 bits per heavy atom. The number of carbonyl (C=O) groups excluding carboxylic acids is 2. The third-order valence-corrected chi connectivity index (χ3v) is 5.48. The second-order valence-corrected chi connectivity index (χ2v) is 8.73. The van der Waals surface area contributed by atoms with Crippen LogP contribution in [0.2, 0.25) is 0 Å². The zero-order valence-corrected chi connectivity index (χ0v) is 19.2. The Hall–Kier alpha value is -2.66. The fourth-order valence-electron chi connectivity index (χ4n) is 3.23. The maximum atomic E-state index is 12.6. The highest BCUT2D eigenvalue weighted by atomic mass is 16.2. The smallest absolute Gasteiger partial charge is 0.279 e. The molecular formula is C25H36N3O2+.